The molecule has 0 radical (unpaired) electrons. The largest absolute Gasteiger partial charge is 0.511 e. The summed E-state index contributed by atoms with van der Waals surface area (Å²) >= 11 is 0. The van der Waals surface area contributed by atoms with Crippen LogP contribution in [0.3, 0.4) is 0 Å². The minimum absolute atomic E-state index is 0.161. The molecular formula is C17H25F3N4O3S. The van der Waals surface area contributed by atoms with E-state index in [4.69, 9.17) is 4.74 Å². The number of aliphatic imine (C=N–C) groups is 1. The van der Waals surface area contributed by atoms with E-state index in [2.05, 4.69) is 15.6 Å². The van der Waals surface area contributed by atoms with Gasteiger partial charge >= 0.3 is 15.5 Å². The number of ether oxygens (including phenoxy) is 1. The molecule has 0 unspecified atom stereocenters. The number of methoxy groups -OCH3 is 1. The number of nitrogens with one attached hydrogen (secondary N) is 2. The van der Waals surface area contributed by atoms with E-state index < -0.39 is 15.5 Å². The lowest BCUT2D eigenvalue weighted by Crippen LogP contribution is -2.51. The average Bonchev–Trinajstić information content (AvgIpc) is 2.65. The maximum absolute atomic E-state index is 12.6. The summed E-state index contributed by atoms with van der Waals surface area (Å²) in [6.45, 7) is 0.657. The Bertz CT molecular complexity index is 776. The Morgan fingerprint density at radius 3 is 2.50 bits per heavy atom. The topological polar surface area (TPSA) is 83.0 Å². The molecule has 11 heteroatoms. The number of hydrogen-bond donors (Lipinski definition) is 2. The second-order valence-corrected chi connectivity index (χ2v) is 8.38. The minimum Gasteiger partial charge on any atom is -0.380 e. The molecule has 0 aromatic heterocycles. The SMILES string of the molecule is CN=C(NCc1cccc(COC)c1)NC1CCN(S(=O)(=O)C(F)(F)F)CC1. The van der Waals surface area contributed by atoms with Crippen LogP contribution < -0.4 is 10.6 Å². The fourth-order valence-corrected chi connectivity index (χ4v) is 3.94. The summed E-state index contributed by atoms with van der Waals surface area (Å²) in [7, 11) is -2.04. The lowest BCUT2D eigenvalue weighted by molar-refractivity contribution is -0.0494. The van der Waals surface area contributed by atoms with E-state index in [9.17, 15) is 21.6 Å². The Balaban J connectivity index is 1.85. The number of nitrogens with zero attached hydrogens (tertiary/aromatic N) is 2. The van der Waals surface area contributed by atoms with E-state index in [0.717, 1.165) is 11.1 Å². The lowest BCUT2D eigenvalue weighted by atomic mass is 10.1. The number of piperidine rings is 1. The van der Waals surface area contributed by atoms with Crippen LogP contribution in [0.2, 0.25) is 0 Å². The third kappa shape index (κ3) is 5.82. The first kappa shape index (κ1) is 22.4. The lowest BCUT2D eigenvalue weighted by Gasteiger charge is -2.32. The van der Waals surface area contributed by atoms with Gasteiger partial charge in [-0.2, -0.15) is 17.5 Å². The van der Waals surface area contributed by atoms with E-state index >= 15 is 0 Å². The van der Waals surface area contributed by atoms with Gasteiger partial charge < -0.3 is 15.4 Å². The maximum atomic E-state index is 12.6. The van der Waals surface area contributed by atoms with Crippen LogP contribution in [0.25, 0.3) is 0 Å². The molecule has 1 aliphatic rings. The Kier molecular flexibility index (Phi) is 7.67. The molecule has 1 fully saturated rings. The van der Waals surface area contributed by atoms with Crippen molar-refractivity contribution in [1.82, 2.24) is 14.9 Å². The third-order valence-electron chi connectivity index (χ3n) is 4.41. The van der Waals surface area contributed by atoms with Gasteiger partial charge in [-0.15, -0.1) is 0 Å². The molecule has 0 amide bonds. The van der Waals surface area contributed by atoms with E-state index in [-0.39, 0.29) is 32.0 Å². The van der Waals surface area contributed by atoms with Gasteiger partial charge in [0.15, 0.2) is 5.96 Å². The second-order valence-electron chi connectivity index (χ2n) is 6.45. The molecule has 1 saturated heterocycles. The summed E-state index contributed by atoms with van der Waals surface area (Å²) in [5.74, 6) is 0.509. The van der Waals surface area contributed by atoms with Crippen molar-refractivity contribution < 1.29 is 26.3 Å². The number of sulfonamides is 1. The van der Waals surface area contributed by atoms with Crippen molar-refractivity contribution in [1.29, 1.82) is 0 Å². The van der Waals surface area contributed by atoms with Crippen LogP contribution in [0.5, 0.6) is 0 Å². The standard InChI is InChI=1S/C17H25F3N4O3S/c1-21-16(22-11-13-4-3-5-14(10-13)12-27-2)23-15-6-8-24(9-7-15)28(25,26)17(18,19)20/h3-5,10,15H,6-9,11-12H2,1-2H3,(H2,21,22,23). The van der Waals surface area contributed by atoms with Crippen molar-refractivity contribution in [2.24, 2.45) is 4.99 Å². The molecule has 1 aromatic carbocycles. The van der Waals surface area contributed by atoms with E-state index in [0.29, 0.717) is 23.4 Å². The zero-order chi connectivity index (χ0) is 20.8. The fraction of sp³-hybridized carbons (Fsp3) is 0.588. The number of halogens is 3. The van der Waals surface area contributed by atoms with Crippen LogP contribution >= 0.6 is 0 Å². The molecule has 2 N–H and O–H groups in total. The van der Waals surface area contributed by atoms with Gasteiger partial charge in [-0.05, 0) is 24.0 Å². The van der Waals surface area contributed by atoms with Gasteiger partial charge in [0.05, 0.1) is 6.61 Å². The molecule has 1 aromatic rings. The zero-order valence-corrected chi connectivity index (χ0v) is 16.6. The summed E-state index contributed by atoms with van der Waals surface area (Å²) in [4.78, 5) is 4.12. The summed E-state index contributed by atoms with van der Waals surface area (Å²) in [6, 6.07) is 7.69. The third-order valence-corrected chi connectivity index (χ3v) is 6.04. The Labute approximate surface area is 163 Å². The molecule has 0 bridgehead atoms. The van der Waals surface area contributed by atoms with Crippen LogP contribution in [-0.2, 0) is 27.9 Å². The molecule has 1 heterocycles. The van der Waals surface area contributed by atoms with Gasteiger partial charge in [0.25, 0.3) is 0 Å². The average molecular weight is 422 g/mol. The highest BCUT2D eigenvalue weighted by Gasteiger charge is 2.50. The Hall–Kier alpha value is -1.85. The van der Waals surface area contributed by atoms with Crippen LogP contribution in [0.1, 0.15) is 24.0 Å². The van der Waals surface area contributed by atoms with Gasteiger partial charge in [-0.25, -0.2) is 8.42 Å². The van der Waals surface area contributed by atoms with Crippen molar-refractivity contribution in [2.45, 2.75) is 37.5 Å². The summed E-state index contributed by atoms with van der Waals surface area (Å²) in [5, 5.41) is 6.29. The van der Waals surface area contributed by atoms with Gasteiger partial charge in [-0.3, -0.25) is 4.99 Å². The summed E-state index contributed by atoms with van der Waals surface area (Å²) in [6.07, 6.45) is 0.526. The van der Waals surface area contributed by atoms with Crippen molar-refractivity contribution in [2.75, 3.05) is 27.2 Å². The predicted octanol–water partition coefficient (Wildman–Crippen LogP) is 1.81. The quantitative estimate of drug-likeness (QED) is 0.540. The molecular weight excluding hydrogens is 397 g/mol. The number of guanidine groups is 1. The van der Waals surface area contributed by atoms with Crippen molar-refractivity contribution in [3.05, 3.63) is 35.4 Å². The van der Waals surface area contributed by atoms with E-state index in [1.54, 1.807) is 14.2 Å². The minimum atomic E-state index is -5.26. The molecule has 2 rings (SSSR count). The molecule has 28 heavy (non-hydrogen) atoms. The van der Waals surface area contributed by atoms with E-state index in [1.807, 2.05) is 24.3 Å². The second kappa shape index (κ2) is 9.57. The maximum Gasteiger partial charge on any atom is 0.511 e. The molecule has 7 nitrogen and oxygen atoms in total. The molecule has 0 saturated carbocycles. The van der Waals surface area contributed by atoms with Crippen molar-refractivity contribution in [3.8, 4) is 0 Å². The van der Waals surface area contributed by atoms with Crippen LogP contribution in [0.4, 0.5) is 13.2 Å². The van der Waals surface area contributed by atoms with Gasteiger partial charge in [0, 0.05) is 39.8 Å². The van der Waals surface area contributed by atoms with Crippen LogP contribution in [0.15, 0.2) is 29.3 Å². The Morgan fingerprint density at radius 1 is 1.29 bits per heavy atom. The number of alkyl halides is 3. The van der Waals surface area contributed by atoms with Crippen molar-refractivity contribution in [3.63, 3.8) is 0 Å². The summed E-state index contributed by atoms with van der Waals surface area (Å²) < 4.78 is 66.4. The highest BCUT2D eigenvalue weighted by atomic mass is 32.2. The molecule has 0 spiro atoms. The predicted molar refractivity (Wildman–Crippen MR) is 100 cm³/mol. The monoisotopic (exact) mass is 422 g/mol. The molecule has 1 aliphatic heterocycles. The van der Waals surface area contributed by atoms with Crippen LogP contribution in [0, 0.1) is 0 Å². The van der Waals surface area contributed by atoms with Gasteiger partial charge in [0.1, 0.15) is 0 Å². The number of rotatable bonds is 6. The van der Waals surface area contributed by atoms with Gasteiger partial charge in [-0.1, -0.05) is 24.3 Å². The highest BCUT2D eigenvalue weighted by Crippen LogP contribution is 2.28. The van der Waals surface area contributed by atoms with Crippen molar-refractivity contribution >= 4 is 16.0 Å². The van der Waals surface area contributed by atoms with Crippen LogP contribution in [-0.4, -0.2) is 57.5 Å². The number of hydrogen-bond acceptors (Lipinski definition) is 4. The first-order valence-corrected chi connectivity index (χ1v) is 10.2. The fourth-order valence-electron chi connectivity index (χ4n) is 2.96. The smallest absolute Gasteiger partial charge is 0.380 e. The van der Waals surface area contributed by atoms with Gasteiger partial charge in [0.2, 0.25) is 0 Å². The Morgan fingerprint density at radius 2 is 1.93 bits per heavy atom. The normalized spacial score (nSPS) is 17.5. The highest BCUT2D eigenvalue weighted by molar-refractivity contribution is 7.90. The first-order valence-electron chi connectivity index (χ1n) is 8.77. The zero-order valence-electron chi connectivity index (χ0n) is 15.8. The first-order chi connectivity index (χ1) is 13.2. The molecule has 0 atom stereocenters. The van der Waals surface area contributed by atoms with E-state index in [1.165, 1.54) is 0 Å². The number of benzene rings is 1. The molecule has 158 valence electrons. The summed E-state index contributed by atoms with van der Waals surface area (Å²) in [5.41, 5.74) is -3.19. The molecule has 0 aliphatic carbocycles.